The highest BCUT2D eigenvalue weighted by molar-refractivity contribution is 7.13. The molecule has 6 heteroatoms. The zero-order chi connectivity index (χ0) is 13.7. The van der Waals surface area contributed by atoms with Crippen LogP contribution in [0.5, 0.6) is 11.5 Å². The highest BCUT2D eigenvalue weighted by Gasteiger charge is 2.07. The van der Waals surface area contributed by atoms with Crippen molar-refractivity contribution in [3.8, 4) is 11.5 Å². The summed E-state index contributed by atoms with van der Waals surface area (Å²) in [6.07, 6.45) is 0.124. The summed E-state index contributed by atoms with van der Waals surface area (Å²) in [6.45, 7) is 4.66. The third-order valence-electron chi connectivity index (χ3n) is 2.39. The number of nitrogens with zero attached hydrogens (tertiary/aromatic N) is 2. The van der Waals surface area contributed by atoms with Crippen LogP contribution in [-0.4, -0.2) is 23.4 Å². The molecule has 102 valence electrons. The van der Waals surface area contributed by atoms with Crippen molar-refractivity contribution in [2.45, 2.75) is 26.5 Å². The quantitative estimate of drug-likeness (QED) is 0.881. The first-order valence-electron chi connectivity index (χ1n) is 6.02. The van der Waals surface area contributed by atoms with Gasteiger partial charge in [0.25, 0.3) is 0 Å². The van der Waals surface area contributed by atoms with Gasteiger partial charge in [-0.3, -0.25) is 0 Å². The van der Waals surface area contributed by atoms with Gasteiger partial charge in [0.15, 0.2) is 11.5 Å². The maximum atomic E-state index is 5.68. The average molecular weight is 279 g/mol. The lowest BCUT2D eigenvalue weighted by Gasteiger charge is -2.14. The van der Waals surface area contributed by atoms with Gasteiger partial charge in [-0.2, -0.15) is 0 Å². The van der Waals surface area contributed by atoms with Gasteiger partial charge in [0.1, 0.15) is 5.51 Å². The van der Waals surface area contributed by atoms with Crippen molar-refractivity contribution in [1.29, 1.82) is 0 Å². The number of hydrogen-bond donors (Lipinski definition) is 1. The summed E-state index contributed by atoms with van der Waals surface area (Å²) in [4.78, 5) is 0. The lowest BCUT2D eigenvalue weighted by Crippen LogP contribution is -2.07. The molecule has 0 radical (unpaired) electrons. The fraction of sp³-hybridized carbons (Fsp3) is 0.385. The number of nitrogens with one attached hydrogen (secondary N) is 1. The fourth-order valence-electron chi connectivity index (χ4n) is 1.60. The first-order chi connectivity index (χ1) is 9.19. The van der Waals surface area contributed by atoms with Crippen LogP contribution >= 0.6 is 11.3 Å². The Labute approximate surface area is 116 Å². The number of methoxy groups -OCH3 is 1. The predicted octanol–water partition coefficient (Wildman–Crippen LogP) is 2.95. The molecule has 2 aromatic rings. The third kappa shape index (κ3) is 3.82. The van der Waals surface area contributed by atoms with E-state index in [9.17, 15) is 0 Å². The smallest absolute Gasteiger partial charge is 0.205 e. The van der Waals surface area contributed by atoms with Crippen molar-refractivity contribution in [3.63, 3.8) is 0 Å². The van der Waals surface area contributed by atoms with Gasteiger partial charge < -0.3 is 14.8 Å². The van der Waals surface area contributed by atoms with Gasteiger partial charge in [0.05, 0.1) is 13.2 Å². The lowest BCUT2D eigenvalue weighted by molar-refractivity contribution is 0.230. The Morgan fingerprint density at radius 3 is 2.79 bits per heavy atom. The number of hydrogen-bond acceptors (Lipinski definition) is 6. The Hall–Kier alpha value is -1.82. The molecule has 0 fully saturated rings. The molecule has 0 spiro atoms. The SMILES string of the molecule is COc1cc(CNc2nncs2)ccc1OC(C)C. The van der Waals surface area contributed by atoms with Crippen LogP contribution in [0.25, 0.3) is 0 Å². The third-order valence-corrected chi connectivity index (χ3v) is 3.04. The van der Waals surface area contributed by atoms with Gasteiger partial charge >= 0.3 is 0 Å². The summed E-state index contributed by atoms with van der Waals surface area (Å²) < 4.78 is 11.0. The Bertz CT molecular complexity index is 515. The highest BCUT2D eigenvalue weighted by atomic mass is 32.1. The highest BCUT2D eigenvalue weighted by Crippen LogP contribution is 2.29. The van der Waals surface area contributed by atoms with Crippen LogP contribution in [0.4, 0.5) is 5.13 Å². The van der Waals surface area contributed by atoms with E-state index in [1.807, 2.05) is 32.0 Å². The van der Waals surface area contributed by atoms with Crippen LogP contribution in [0, 0.1) is 0 Å². The van der Waals surface area contributed by atoms with Gasteiger partial charge in [-0.25, -0.2) is 0 Å². The summed E-state index contributed by atoms with van der Waals surface area (Å²) in [5.41, 5.74) is 2.80. The predicted molar refractivity (Wildman–Crippen MR) is 76.0 cm³/mol. The summed E-state index contributed by atoms with van der Waals surface area (Å²) in [5, 5.41) is 11.7. The zero-order valence-electron chi connectivity index (χ0n) is 11.2. The molecule has 1 N–H and O–H groups in total. The molecule has 1 aromatic heterocycles. The number of aromatic nitrogens is 2. The number of ether oxygens (including phenoxy) is 2. The molecule has 19 heavy (non-hydrogen) atoms. The van der Waals surface area contributed by atoms with Gasteiger partial charge in [0, 0.05) is 6.54 Å². The van der Waals surface area contributed by atoms with E-state index in [2.05, 4.69) is 15.5 Å². The summed E-state index contributed by atoms with van der Waals surface area (Å²) in [6, 6.07) is 5.90. The van der Waals surface area contributed by atoms with Gasteiger partial charge in [-0.05, 0) is 31.5 Å². The van der Waals surface area contributed by atoms with Crippen molar-refractivity contribution >= 4 is 16.5 Å². The standard InChI is InChI=1S/C13H17N3O2S/c1-9(2)18-11-5-4-10(6-12(11)17-3)7-14-13-16-15-8-19-13/h4-6,8-9H,7H2,1-3H3,(H,14,16). The molecule has 0 aliphatic rings. The molecule has 0 unspecified atom stereocenters. The minimum atomic E-state index is 0.124. The minimum absolute atomic E-state index is 0.124. The maximum Gasteiger partial charge on any atom is 0.205 e. The molecule has 0 atom stereocenters. The maximum absolute atomic E-state index is 5.68. The van der Waals surface area contributed by atoms with E-state index < -0.39 is 0 Å². The van der Waals surface area contributed by atoms with Gasteiger partial charge in [0.2, 0.25) is 5.13 Å². The minimum Gasteiger partial charge on any atom is -0.493 e. The van der Waals surface area contributed by atoms with E-state index in [-0.39, 0.29) is 6.10 Å². The van der Waals surface area contributed by atoms with Crippen LogP contribution < -0.4 is 14.8 Å². The molecule has 0 aliphatic heterocycles. The van der Waals surface area contributed by atoms with Crippen molar-refractivity contribution < 1.29 is 9.47 Å². The van der Waals surface area contributed by atoms with Crippen molar-refractivity contribution in [3.05, 3.63) is 29.3 Å². The van der Waals surface area contributed by atoms with Crippen molar-refractivity contribution in [2.75, 3.05) is 12.4 Å². The van der Waals surface area contributed by atoms with Crippen LogP contribution in [0.1, 0.15) is 19.4 Å². The first kappa shape index (κ1) is 13.6. The van der Waals surface area contributed by atoms with Crippen molar-refractivity contribution in [2.24, 2.45) is 0 Å². The first-order valence-corrected chi connectivity index (χ1v) is 6.90. The second-order valence-corrected chi connectivity index (χ2v) is 5.08. The molecule has 5 nitrogen and oxygen atoms in total. The molecule has 1 heterocycles. The van der Waals surface area contributed by atoms with E-state index in [0.717, 1.165) is 22.2 Å². The number of benzene rings is 1. The van der Waals surface area contributed by atoms with Gasteiger partial charge in [-0.15, -0.1) is 10.2 Å². The van der Waals surface area contributed by atoms with Crippen molar-refractivity contribution in [1.82, 2.24) is 10.2 Å². The molecule has 0 aliphatic carbocycles. The average Bonchev–Trinajstić information content (AvgIpc) is 2.90. The van der Waals surface area contributed by atoms with E-state index >= 15 is 0 Å². The zero-order valence-corrected chi connectivity index (χ0v) is 12.0. The van der Waals surface area contributed by atoms with Gasteiger partial charge in [-0.1, -0.05) is 17.4 Å². The largest absolute Gasteiger partial charge is 0.493 e. The number of anilines is 1. The van der Waals surface area contributed by atoms with E-state index in [1.54, 1.807) is 12.6 Å². The Morgan fingerprint density at radius 2 is 2.16 bits per heavy atom. The van der Waals surface area contributed by atoms with Crippen LogP contribution in [-0.2, 0) is 6.54 Å². The second-order valence-electron chi connectivity index (χ2n) is 4.25. The van der Waals surface area contributed by atoms with Crippen LogP contribution in [0.2, 0.25) is 0 Å². The molecular weight excluding hydrogens is 262 g/mol. The molecule has 0 bridgehead atoms. The topological polar surface area (TPSA) is 56.3 Å². The fourth-order valence-corrected chi connectivity index (χ4v) is 2.04. The van der Waals surface area contributed by atoms with E-state index in [1.165, 1.54) is 11.3 Å². The second kappa shape index (κ2) is 6.38. The molecular formula is C13H17N3O2S. The molecule has 0 saturated carbocycles. The van der Waals surface area contributed by atoms with E-state index in [0.29, 0.717) is 6.54 Å². The monoisotopic (exact) mass is 279 g/mol. The summed E-state index contributed by atoms with van der Waals surface area (Å²) >= 11 is 1.47. The lowest BCUT2D eigenvalue weighted by atomic mass is 10.2. The molecule has 2 rings (SSSR count). The normalized spacial score (nSPS) is 10.5. The summed E-state index contributed by atoms with van der Waals surface area (Å²) in [5.74, 6) is 1.50. The summed E-state index contributed by atoms with van der Waals surface area (Å²) in [7, 11) is 1.64. The van der Waals surface area contributed by atoms with Crippen LogP contribution in [0.15, 0.2) is 23.7 Å². The molecule has 0 amide bonds. The van der Waals surface area contributed by atoms with Crippen LogP contribution in [0.3, 0.4) is 0 Å². The van der Waals surface area contributed by atoms with E-state index in [4.69, 9.17) is 9.47 Å². The Kier molecular flexibility index (Phi) is 4.57. The Morgan fingerprint density at radius 1 is 1.32 bits per heavy atom. The Balaban J connectivity index is 2.05. The molecule has 0 saturated heterocycles. The number of rotatable bonds is 6. The molecule has 1 aromatic carbocycles.